The average molecular weight is 1080 g/mol. The molecule has 12 heteroatoms. The second-order valence-corrected chi connectivity index (χ2v) is 32.1. The summed E-state index contributed by atoms with van der Waals surface area (Å²) < 4.78 is 0. The summed E-state index contributed by atoms with van der Waals surface area (Å²) in [4.78, 5) is 39.6. The zero-order valence-corrected chi connectivity index (χ0v) is 49.6. The Morgan fingerprint density at radius 1 is 0.265 bits per heavy atom. The molecule has 0 saturated heterocycles. The van der Waals surface area contributed by atoms with E-state index in [-0.39, 0.29) is 48.8 Å². The molecule has 0 aromatic heterocycles. The topological polar surface area (TPSA) is 161 Å². The molecular weight excluding hydrogens is 980 g/mol. The Labute approximate surface area is 441 Å². The van der Waals surface area contributed by atoms with Crippen molar-refractivity contribution in [3.05, 3.63) is 0 Å². The molecule has 0 bridgehead atoms. The van der Waals surface area contributed by atoms with Crippen LogP contribution in [0.25, 0.3) is 0 Å². The van der Waals surface area contributed by atoms with Gasteiger partial charge in [-0.15, -0.1) is 0 Å². The first-order valence-electron chi connectivity index (χ1n) is 27.3. The van der Waals surface area contributed by atoms with Crippen molar-refractivity contribution in [3.63, 3.8) is 0 Å². The Hall–Kier alpha value is -0.273. The van der Waals surface area contributed by atoms with E-state index in [0.717, 1.165) is 0 Å². The third-order valence-electron chi connectivity index (χ3n) is 14.9. The normalized spacial score (nSPS) is 20.8. The van der Waals surface area contributed by atoms with Crippen LogP contribution in [0.4, 0.5) is 0 Å². The fraction of sp³-hybridized carbons (Fsp3) is 0.929. The van der Waals surface area contributed by atoms with E-state index in [1.54, 1.807) is 276 Å². The molecule has 6 saturated carbocycles. The number of carboxylic acid groups (broad SMARTS) is 4. The van der Waals surface area contributed by atoms with Crippen LogP contribution in [0.2, 0.25) is 0 Å². The second-order valence-electron chi connectivity index (χ2n) is 25.2. The maximum absolute atomic E-state index is 9.91. The SMILES string of the molecule is C1CCC([PH+](C2CCCCC2)C2CCCCC2)CC1.C1CCC([PH+](C2CCCCC2)C2CCCCC2)CC1.CC(C)(C)C(=O)[O-].CC(C)(C)C(=O)[O-].CC(C)(C)C(=O)[O-].CC(C)(C)C(=O)[O-].[Ni+2].[Ni+2]. The van der Waals surface area contributed by atoms with Crippen LogP contribution in [0, 0.1) is 21.7 Å². The summed E-state index contributed by atoms with van der Waals surface area (Å²) >= 11 is 0. The Bertz CT molecular complexity index is 1100. The number of hydrogen-bond acceptors (Lipinski definition) is 8. The summed E-state index contributed by atoms with van der Waals surface area (Å²) in [6.07, 6.45) is 47.6. The molecule has 6 fully saturated rings. The van der Waals surface area contributed by atoms with Gasteiger partial charge in [-0.3, -0.25) is 0 Å². The van der Waals surface area contributed by atoms with Crippen LogP contribution < -0.4 is 20.4 Å². The van der Waals surface area contributed by atoms with Gasteiger partial charge in [0.2, 0.25) is 0 Å². The Balaban J connectivity index is 0. The van der Waals surface area contributed by atoms with Crippen molar-refractivity contribution >= 4 is 39.7 Å². The van der Waals surface area contributed by atoms with Crippen molar-refractivity contribution in [1.29, 1.82) is 0 Å². The van der Waals surface area contributed by atoms with Crippen molar-refractivity contribution < 1.29 is 72.6 Å². The fourth-order valence-corrected chi connectivity index (χ4v) is 21.1. The first-order valence-corrected chi connectivity index (χ1v) is 30.7. The number of aliphatic carboxylic acids is 4. The predicted octanol–water partition coefficient (Wildman–Crippen LogP) is 11.5. The molecule has 0 radical (unpaired) electrons. The maximum Gasteiger partial charge on any atom is 2.00 e. The molecule has 8 nitrogen and oxygen atoms in total. The summed E-state index contributed by atoms with van der Waals surface area (Å²) in [5.41, 5.74) is 4.58. The van der Waals surface area contributed by atoms with Crippen molar-refractivity contribution in [2.45, 2.75) is 310 Å². The molecule has 68 heavy (non-hydrogen) atoms. The molecule has 0 amide bonds. The van der Waals surface area contributed by atoms with Crippen LogP contribution in [-0.2, 0) is 52.2 Å². The summed E-state index contributed by atoms with van der Waals surface area (Å²) in [6, 6.07) is 0. The number of carboxylic acids is 4. The summed E-state index contributed by atoms with van der Waals surface area (Å²) in [5, 5.41) is 39.6. The van der Waals surface area contributed by atoms with Gasteiger partial charge in [0.1, 0.15) is 0 Å². The van der Waals surface area contributed by atoms with E-state index in [2.05, 4.69) is 0 Å². The van der Waals surface area contributed by atoms with E-state index in [9.17, 15) is 39.6 Å². The van der Waals surface area contributed by atoms with Gasteiger partial charge < -0.3 is 39.6 Å². The van der Waals surface area contributed by atoms with Gasteiger partial charge in [0.15, 0.2) is 0 Å². The maximum atomic E-state index is 9.91. The molecular formula is C56H104Ni2O8P2+2. The number of hydrogen-bond donors (Lipinski definition) is 0. The van der Waals surface area contributed by atoms with Crippen molar-refractivity contribution in [1.82, 2.24) is 0 Å². The smallest absolute Gasteiger partial charge is 0.550 e. The predicted molar refractivity (Wildman–Crippen MR) is 276 cm³/mol. The minimum absolute atomic E-state index is 0. The third kappa shape index (κ3) is 30.1. The molecule has 6 rings (SSSR count). The van der Waals surface area contributed by atoms with Gasteiger partial charge in [-0.1, -0.05) is 122 Å². The van der Waals surface area contributed by atoms with Gasteiger partial charge in [0.25, 0.3) is 0 Å². The molecule has 0 atom stereocenters. The summed E-state index contributed by atoms with van der Waals surface area (Å²) in [5.74, 6) is -4.03. The van der Waals surface area contributed by atoms with Crippen LogP contribution in [0.5, 0.6) is 0 Å². The van der Waals surface area contributed by atoms with E-state index in [1.165, 1.54) is 34.0 Å². The van der Waals surface area contributed by atoms with Gasteiger partial charge in [-0.25, -0.2) is 0 Å². The van der Waals surface area contributed by atoms with Crippen LogP contribution >= 0.6 is 15.8 Å². The first-order chi connectivity index (χ1) is 30.7. The Morgan fingerprint density at radius 2 is 0.353 bits per heavy atom. The zero-order valence-electron chi connectivity index (χ0n) is 45.6. The standard InChI is InChI=1S/2C18H33P.4C5H10O2.2Ni/c2*1-4-10-16(11-5-1)19(17-12-6-2-7-13-17)18-14-8-3-9-15-18;4*1-5(2,3)4(6)7;;/h2*16-18H,1-15H2;4*1-3H3,(H,6,7);;/q;;;;;;2*+2/p-2. The fourth-order valence-electron chi connectivity index (χ4n) is 10.6. The van der Waals surface area contributed by atoms with E-state index in [1.807, 2.05) is 0 Å². The van der Waals surface area contributed by atoms with E-state index in [0.29, 0.717) is 0 Å². The molecule has 0 N–H and O–H groups in total. The number of carbonyl (C=O) groups excluding carboxylic acids is 4. The van der Waals surface area contributed by atoms with Crippen LogP contribution in [-0.4, -0.2) is 57.8 Å². The third-order valence-corrected chi connectivity index (χ3v) is 24.0. The molecule has 0 aromatic rings. The summed E-state index contributed by atoms with van der Waals surface area (Å²) in [6.45, 7) is 19.2. The van der Waals surface area contributed by atoms with E-state index >= 15 is 0 Å². The minimum atomic E-state index is -1.01. The number of rotatable bonds is 6. The largest absolute Gasteiger partial charge is 2.00 e. The Morgan fingerprint density at radius 3 is 0.426 bits per heavy atom. The summed E-state index contributed by atoms with van der Waals surface area (Å²) in [7, 11) is -0.0930. The molecule has 0 unspecified atom stereocenters. The average Bonchev–Trinajstić information content (AvgIpc) is 3.26. The molecule has 0 aromatic carbocycles. The molecule has 6 aliphatic rings. The zero-order chi connectivity index (χ0) is 50.1. The minimum Gasteiger partial charge on any atom is -0.550 e. The first kappa shape index (κ1) is 69.8. The molecule has 0 heterocycles. The van der Waals surface area contributed by atoms with Crippen LogP contribution in [0.1, 0.15) is 276 Å². The molecule has 0 aliphatic heterocycles. The quantitative estimate of drug-likeness (QED) is 0.188. The van der Waals surface area contributed by atoms with Gasteiger partial charge >= 0.3 is 33.0 Å². The van der Waals surface area contributed by atoms with Gasteiger partial charge in [-0.2, -0.15) is 0 Å². The van der Waals surface area contributed by atoms with Crippen molar-refractivity contribution in [2.24, 2.45) is 21.7 Å². The Kier molecular flexibility index (Phi) is 36.8. The van der Waals surface area contributed by atoms with Crippen LogP contribution in [0.15, 0.2) is 0 Å². The second kappa shape index (κ2) is 35.8. The van der Waals surface area contributed by atoms with Gasteiger partial charge in [-0.05, 0) is 154 Å². The molecule has 404 valence electrons. The molecule has 0 spiro atoms. The van der Waals surface area contributed by atoms with Crippen molar-refractivity contribution in [3.8, 4) is 0 Å². The van der Waals surface area contributed by atoms with Gasteiger partial charge in [0.05, 0.1) is 34.0 Å². The van der Waals surface area contributed by atoms with Crippen LogP contribution in [0.3, 0.4) is 0 Å². The van der Waals surface area contributed by atoms with E-state index in [4.69, 9.17) is 0 Å². The number of carbonyl (C=O) groups is 4. The van der Waals surface area contributed by atoms with E-state index < -0.39 is 45.5 Å². The monoisotopic (exact) mass is 1080 g/mol. The molecule has 6 aliphatic carbocycles. The van der Waals surface area contributed by atoms with Crippen molar-refractivity contribution in [2.75, 3.05) is 0 Å². The van der Waals surface area contributed by atoms with Gasteiger partial charge in [0, 0.05) is 61.4 Å².